The third-order valence-corrected chi connectivity index (χ3v) is 5.44. The Morgan fingerprint density at radius 2 is 2.04 bits per heavy atom. The monoisotopic (exact) mass is 326 g/mol. The van der Waals surface area contributed by atoms with E-state index in [9.17, 15) is 4.79 Å². The van der Waals surface area contributed by atoms with Crippen LogP contribution in [0.2, 0.25) is 0 Å². The first-order valence-corrected chi connectivity index (χ1v) is 9.36. The van der Waals surface area contributed by atoms with Crippen molar-refractivity contribution in [2.45, 2.75) is 70.6 Å². The third-order valence-electron chi connectivity index (χ3n) is 5.44. The van der Waals surface area contributed by atoms with Crippen molar-refractivity contribution >= 4 is 16.8 Å². The molecule has 128 valence electrons. The van der Waals surface area contributed by atoms with Crippen LogP contribution < -0.4 is 10.1 Å². The number of nitrogens with one attached hydrogen (secondary N) is 1. The van der Waals surface area contributed by atoms with Gasteiger partial charge in [0.2, 0.25) is 0 Å². The lowest BCUT2D eigenvalue weighted by Gasteiger charge is -2.26. The molecule has 0 unspecified atom stereocenters. The molecule has 2 aromatic rings. The first kappa shape index (κ1) is 15.6. The average Bonchev–Trinajstić information content (AvgIpc) is 2.79. The van der Waals surface area contributed by atoms with Gasteiger partial charge in [0.25, 0.3) is 5.91 Å². The highest BCUT2D eigenvalue weighted by Gasteiger charge is 2.26. The van der Waals surface area contributed by atoms with Gasteiger partial charge in [-0.3, -0.25) is 4.79 Å². The molecule has 1 aromatic carbocycles. The zero-order valence-electron chi connectivity index (χ0n) is 14.4. The number of para-hydroxylation sites is 1. The van der Waals surface area contributed by atoms with Crippen molar-refractivity contribution in [3.63, 3.8) is 0 Å². The molecule has 1 amide bonds. The Morgan fingerprint density at radius 3 is 2.79 bits per heavy atom. The van der Waals surface area contributed by atoms with E-state index in [2.05, 4.69) is 22.9 Å². The van der Waals surface area contributed by atoms with Crippen molar-refractivity contribution in [3.05, 3.63) is 30.0 Å². The van der Waals surface area contributed by atoms with Crippen molar-refractivity contribution < 1.29 is 9.53 Å². The van der Waals surface area contributed by atoms with Gasteiger partial charge in [0, 0.05) is 11.4 Å². The molecule has 24 heavy (non-hydrogen) atoms. The fraction of sp³-hybridized carbons (Fsp3) is 0.550. The molecule has 1 saturated carbocycles. The second kappa shape index (κ2) is 6.50. The maximum Gasteiger partial charge on any atom is 0.268 e. The summed E-state index contributed by atoms with van der Waals surface area (Å²) in [6.45, 7) is 2.88. The number of carbonyl (C=O) groups excluding carboxylic acids is 1. The van der Waals surface area contributed by atoms with Gasteiger partial charge in [-0.25, -0.2) is 0 Å². The number of aromatic nitrogens is 1. The standard InChI is InChI=1S/C20H26N2O2/c1-2-16-13-22-17(12-14-8-7-11-18(24-16)19(14)22)20(23)21-15-9-5-3-4-6-10-15/h7-8,11-12,15-16H,2-6,9-10,13H2,1H3,(H,21,23)/t16-/m1/s1. The molecule has 1 aliphatic heterocycles. The number of benzene rings is 1. The second-order valence-electron chi connectivity index (χ2n) is 7.14. The van der Waals surface area contributed by atoms with Crippen molar-refractivity contribution in [2.75, 3.05) is 0 Å². The van der Waals surface area contributed by atoms with Gasteiger partial charge in [-0.1, -0.05) is 44.7 Å². The summed E-state index contributed by atoms with van der Waals surface area (Å²) in [5.41, 5.74) is 1.84. The molecule has 0 radical (unpaired) electrons. The molecule has 2 heterocycles. The highest BCUT2D eigenvalue weighted by atomic mass is 16.5. The SMILES string of the molecule is CC[C@@H]1Cn2c(C(=O)NC3CCCCCC3)cc3cccc(c32)O1. The van der Waals surface area contributed by atoms with Crippen LogP contribution in [0, 0.1) is 0 Å². The van der Waals surface area contributed by atoms with Crippen LogP contribution in [0.15, 0.2) is 24.3 Å². The lowest BCUT2D eigenvalue weighted by atomic mass is 10.1. The highest BCUT2D eigenvalue weighted by Crippen LogP contribution is 2.34. The molecule has 0 spiro atoms. The first-order valence-electron chi connectivity index (χ1n) is 9.36. The van der Waals surface area contributed by atoms with Crippen LogP contribution >= 0.6 is 0 Å². The van der Waals surface area contributed by atoms with E-state index in [1.54, 1.807) is 0 Å². The summed E-state index contributed by atoms with van der Waals surface area (Å²) < 4.78 is 8.22. The third kappa shape index (κ3) is 2.79. The predicted octanol–water partition coefficient (Wildman–Crippen LogP) is 4.26. The Labute approximate surface area is 143 Å². The van der Waals surface area contributed by atoms with Gasteiger partial charge in [-0.05, 0) is 31.4 Å². The summed E-state index contributed by atoms with van der Waals surface area (Å²) in [6.07, 6.45) is 8.35. The maximum absolute atomic E-state index is 12.9. The Balaban J connectivity index is 1.65. The number of ether oxygens (including phenoxy) is 1. The lowest BCUT2D eigenvalue weighted by Crippen LogP contribution is -2.37. The van der Waals surface area contributed by atoms with E-state index in [4.69, 9.17) is 4.74 Å². The van der Waals surface area contributed by atoms with Crippen molar-refractivity contribution in [2.24, 2.45) is 0 Å². The molecule has 0 bridgehead atoms. The van der Waals surface area contributed by atoms with E-state index < -0.39 is 0 Å². The lowest BCUT2D eigenvalue weighted by molar-refractivity contribution is 0.0917. The fourth-order valence-corrected chi connectivity index (χ4v) is 4.08. The van der Waals surface area contributed by atoms with Gasteiger partial charge in [0.15, 0.2) is 0 Å². The second-order valence-corrected chi connectivity index (χ2v) is 7.14. The molecule has 2 aliphatic rings. The van der Waals surface area contributed by atoms with Gasteiger partial charge >= 0.3 is 0 Å². The number of nitrogens with zero attached hydrogens (tertiary/aromatic N) is 1. The Kier molecular flexibility index (Phi) is 4.21. The zero-order chi connectivity index (χ0) is 16.5. The summed E-state index contributed by atoms with van der Waals surface area (Å²) >= 11 is 0. The van der Waals surface area contributed by atoms with E-state index >= 15 is 0 Å². The van der Waals surface area contributed by atoms with Crippen molar-refractivity contribution in [1.82, 2.24) is 9.88 Å². The molecule has 4 heteroatoms. The van der Waals surface area contributed by atoms with Crippen LogP contribution in [0.1, 0.15) is 62.4 Å². The van der Waals surface area contributed by atoms with Crippen LogP contribution in [0.25, 0.3) is 10.9 Å². The van der Waals surface area contributed by atoms with Crippen LogP contribution in [0.4, 0.5) is 0 Å². The number of hydrogen-bond donors (Lipinski definition) is 1. The van der Waals surface area contributed by atoms with Gasteiger partial charge in [-0.2, -0.15) is 0 Å². The summed E-state index contributed by atoms with van der Waals surface area (Å²) in [7, 11) is 0. The molecule has 1 N–H and O–H groups in total. The van der Waals surface area contributed by atoms with Crippen LogP contribution in [0.5, 0.6) is 5.75 Å². The number of carbonyl (C=O) groups is 1. The topological polar surface area (TPSA) is 43.3 Å². The van der Waals surface area contributed by atoms with E-state index in [1.165, 1.54) is 25.7 Å². The highest BCUT2D eigenvalue weighted by molar-refractivity contribution is 6.00. The molecule has 4 nitrogen and oxygen atoms in total. The Hall–Kier alpha value is -1.97. The van der Waals surface area contributed by atoms with Gasteiger partial charge in [0.05, 0.1) is 12.1 Å². The molecule has 0 saturated heterocycles. The summed E-state index contributed by atoms with van der Waals surface area (Å²) in [5, 5.41) is 4.38. The number of rotatable bonds is 3. The average molecular weight is 326 g/mol. The predicted molar refractivity (Wildman–Crippen MR) is 95.6 cm³/mol. The van der Waals surface area contributed by atoms with Gasteiger partial charge in [-0.15, -0.1) is 0 Å². The molecule has 1 aliphatic carbocycles. The van der Waals surface area contributed by atoms with Crippen molar-refractivity contribution in [3.8, 4) is 5.75 Å². The van der Waals surface area contributed by atoms with E-state index in [0.29, 0.717) is 6.04 Å². The fourth-order valence-electron chi connectivity index (χ4n) is 4.08. The maximum atomic E-state index is 12.9. The van der Waals surface area contributed by atoms with Crippen LogP contribution in [-0.4, -0.2) is 22.6 Å². The van der Waals surface area contributed by atoms with E-state index in [1.807, 2.05) is 18.2 Å². The Bertz CT molecular complexity index is 741. The summed E-state index contributed by atoms with van der Waals surface area (Å²) in [6, 6.07) is 8.42. The van der Waals surface area contributed by atoms with Crippen LogP contribution in [0.3, 0.4) is 0 Å². The van der Waals surface area contributed by atoms with Gasteiger partial charge in [0.1, 0.15) is 17.5 Å². The van der Waals surface area contributed by atoms with Gasteiger partial charge < -0.3 is 14.6 Å². The first-order chi connectivity index (χ1) is 11.8. The van der Waals surface area contributed by atoms with E-state index in [-0.39, 0.29) is 12.0 Å². The van der Waals surface area contributed by atoms with E-state index in [0.717, 1.165) is 48.2 Å². The molecule has 1 fully saturated rings. The minimum atomic E-state index is 0.0702. The zero-order valence-corrected chi connectivity index (χ0v) is 14.4. The minimum absolute atomic E-state index is 0.0702. The quantitative estimate of drug-likeness (QED) is 0.856. The largest absolute Gasteiger partial charge is 0.486 e. The van der Waals surface area contributed by atoms with Crippen molar-refractivity contribution in [1.29, 1.82) is 0 Å². The molecule has 4 rings (SSSR count). The molecule has 1 atom stereocenters. The Morgan fingerprint density at radius 1 is 1.25 bits per heavy atom. The van der Waals surface area contributed by atoms with Crippen LogP contribution in [-0.2, 0) is 6.54 Å². The molecular formula is C20H26N2O2. The molecule has 1 aromatic heterocycles. The smallest absolute Gasteiger partial charge is 0.268 e. The molecular weight excluding hydrogens is 300 g/mol. The summed E-state index contributed by atoms with van der Waals surface area (Å²) in [4.78, 5) is 12.9. The number of hydrogen-bond acceptors (Lipinski definition) is 2. The minimum Gasteiger partial charge on any atom is -0.486 e. The normalized spacial score (nSPS) is 21.3. The summed E-state index contributed by atoms with van der Waals surface area (Å²) in [5.74, 6) is 0.972. The number of amides is 1.